The second-order valence-corrected chi connectivity index (χ2v) is 5.19. The average Bonchev–Trinajstić information content (AvgIpc) is 2.34. The van der Waals surface area contributed by atoms with E-state index in [1.54, 1.807) is 0 Å². The van der Waals surface area contributed by atoms with Crippen LogP contribution in [0.3, 0.4) is 0 Å². The fourth-order valence-corrected chi connectivity index (χ4v) is 2.25. The molecule has 2 amide bonds. The summed E-state index contributed by atoms with van der Waals surface area (Å²) in [4.78, 5) is 22.8. The van der Waals surface area contributed by atoms with Gasteiger partial charge in [0.1, 0.15) is 5.69 Å². The van der Waals surface area contributed by atoms with Crippen LogP contribution < -0.4 is 10.6 Å². The highest BCUT2D eigenvalue weighted by Gasteiger charge is 2.25. The zero-order chi connectivity index (χ0) is 14.0. The molecule has 1 unspecified atom stereocenters. The first-order valence-electron chi connectivity index (χ1n) is 5.69. The minimum atomic E-state index is -0.847. The first-order chi connectivity index (χ1) is 8.97. The summed E-state index contributed by atoms with van der Waals surface area (Å²) in [5.41, 5.74) is -0.468. The number of nitrogens with one attached hydrogen (secondary N) is 2. The van der Waals surface area contributed by atoms with E-state index in [0.717, 1.165) is 12.1 Å². The molecule has 1 heterocycles. The van der Waals surface area contributed by atoms with E-state index in [4.69, 9.17) is 0 Å². The molecule has 7 heteroatoms. The molecule has 1 aromatic carbocycles. The molecular formula is C12H11BrF2N2O2. The van der Waals surface area contributed by atoms with Crippen LogP contribution in [0.15, 0.2) is 16.6 Å². The highest BCUT2D eigenvalue weighted by molar-refractivity contribution is 9.10. The van der Waals surface area contributed by atoms with Gasteiger partial charge in [0, 0.05) is 17.4 Å². The molecule has 0 radical (unpaired) electrons. The highest BCUT2D eigenvalue weighted by Crippen LogP contribution is 2.24. The lowest BCUT2D eigenvalue weighted by Gasteiger charge is -2.21. The van der Waals surface area contributed by atoms with Gasteiger partial charge < -0.3 is 10.6 Å². The van der Waals surface area contributed by atoms with Crippen LogP contribution in [0.1, 0.15) is 12.8 Å². The summed E-state index contributed by atoms with van der Waals surface area (Å²) in [6.07, 6.45) is 0.612. The Morgan fingerprint density at radius 1 is 1.37 bits per heavy atom. The van der Waals surface area contributed by atoms with Crippen LogP contribution in [0.5, 0.6) is 0 Å². The lowest BCUT2D eigenvalue weighted by atomic mass is 9.98. The van der Waals surface area contributed by atoms with Crippen molar-refractivity contribution in [2.24, 2.45) is 5.92 Å². The Hall–Kier alpha value is -1.50. The van der Waals surface area contributed by atoms with Crippen molar-refractivity contribution in [3.05, 3.63) is 28.2 Å². The van der Waals surface area contributed by atoms with Crippen LogP contribution >= 0.6 is 15.9 Å². The van der Waals surface area contributed by atoms with Gasteiger partial charge in [-0.25, -0.2) is 8.78 Å². The van der Waals surface area contributed by atoms with Gasteiger partial charge in [-0.05, 0) is 18.6 Å². The predicted octanol–water partition coefficient (Wildman–Crippen LogP) is 2.19. The maximum Gasteiger partial charge on any atom is 0.229 e. The molecule has 1 aliphatic rings. The summed E-state index contributed by atoms with van der Waals surface area (Å²) >= 11 is 2.96. The van der Waals surface area contributed by atoms with Crippen LogP contribution in [0.2, 0.25) is 0 Å². The van der Waals surface area contributed by atoms with Gasteiger partial charge in [0.15, 0.2) is 11.6 Å². The van der Waals surface area contributed by atoms with Gasteiger partial charge in [0.2, 0.25) is 11.8 Å². The Morgan fingerprint density at radius 2 is 2.00 bits per heavy atom. The topological polar surface area (TPSA) is 58.2 Å². The van der Waals surface area contributed by atoms with Crippen LogP contribution in [-0.2, 0) is 9.59 Å². The molecule has 1 fully saturated rings. The van der Waals surface area contributed by atoms with E-state index in [-0.39, 0.29) is 23.3 Å². The molecule has 1 aliphatic heterocycles. The standard InChI is InChI=1S/C12H11BrF2N2O2/c13-7-3-8(14)11(9(15)4-7)17-12(19)6-1-2-10(18)16-5-6/h3-4,6H,1-2,5H2,(H,16,18)(H,17,19). The zero-order valence-corrected chi connectivity index (χ0v) is 11.4. The molecule has 1 saturated heterocycles. The van der Waals surface area contributed by atoms with Crippen LogP contribution in [0, 0.1) is 17.6 Å². The third kappa shape index (κ3) is 3.28. The predicted molar refractivity (Wildman–Crippen MR) is 68.4 cm³/mol. The second-order valence-electron chi connectivity index (χ2n) is 4.27. The Balaban J connectivity index is 2.09. The number of hydrogen-bond acceptors (Lipinski definition) is 2. The maximum absolute atomic E-state index is 13.5. The number of hydrogen-bond donors (Lipinski definition) is 2. The van der Waals surface area contributed by atoms with Crippen molar-refractivity contribution in [3.8, 4) is 0 Å². The lowest BCUT2D eigenvalue weighted by Crippen LogP contribution is -2.40. The number of anilines is 1. The molecule has 1 atom stereocenters. The van der Waals surface area contributed by atoms with Crippen LogP contribution in [-0.4, -0.2) is 18.4 Å². The SMILES string of the molecule is O=C1CCC(C(=O)Nc2c(F)cc(Br)cc2F)CN1. The Bertz CT molecular complexity index is 503. The number of benzene rings is 1. The molecule has 0 bridgehead atoms. The zero-order valence-electron chi connectivity index (χ0n) is 9.80. The number of carbonyl (C=O) groups excluding carboxylic acids is 2. The van der Waals surface area contributed by atoms with E-state index in [1.165, 1.54) is 0 Å². The van der Waals surface area contributed by atoms with E-state index >= 15 is 0 Å². The van der Waals surface area contributed by atoms with Gasteiger partial charge in [-0.2, -0.15) is 0 Å². The average molecular weight is 333 g/mol. The van der Waals surface area contributed by atoms with E-state index in [9.17, 15) is 18.4 Å². The van der Waals surface area contributed by atoms with Crippen molar-refractivity contribution in [3.63, 3.8) is 0 Å². The normalized spacial score (nSPS) is 18.9. The van der Waals surface area contributed by atoms with Gasteiger partial charge in [-0.3, -0.25) is 9.59 Å². The van der Waals surface area contributed by atoms with Crippen LogP contribution in [0.4, 0.5) is 14.5 Å². The molecule has 102 valence electrons. The first-order valence-corrected chi connectivity index (χ1v) is 6.49. The second kappa shape index (κ2) is 5.64. The molecule has 0 spiro atoms. The molecule has 1 aromatic rings. The largest absolute Gasteiger partial charge is 0.355 e. The van der Waals surface area contributed by atoms with Crippen molar-refractivity contribution in [2.45, 2.75) is 12.8 Å². The van der Waals surface area contributed by atoms with Crippen molar-refractivity contribution >= 4 is 33.4 Å². The molecule has 0 aliphatic carbocycles. The number of piperidine rings is 1. The fourth-order valence-electron chi connectivity index (χ4n) is 1.84. The quantitative estimate of drug-likeness (QED) is 0.872. The molecule has 19 heavy (non-hydrogen) atoms. The molecule has 0 aromatic heterocycles. The summed E-state index contributed by atoms with van der Waals surface area (Å²) in [7, 11) is 0. The number of carbonyl (C=O) groups is 2. The first kappa shape index (κ1) is 13.9. The van der Waals surface area contributed by atoms with Crippen LogP contribution in [0.25, 0.3) is 0 Å². The minimum absolute atomic E-state index is 0.120. The summed E-state index contributed by atoms with van der Waals surface area (Å²) in [6, 6.07) is 2.14. The number of rotatable bonds is 2. The molecule has 4 nitrogen and oxygen atoms in total. The fraction of sp³-hybridized carbons (Fsp3) is 0.333. The summed E-state index contributed by atoms with van der Waals surface area (Å²) in [6.45, 7) is 0.185. The van der Waals surface area contributed by atoms with Crippen molar-refractivity contribution < 1.29 is 18.4 Å². The Labute approximate surface area is 116 Å². The summed E-state index contributed by atoms with van der Waals surface area (Å²) < 4.78 is 27.3. The third-order valence-electron chi connectivity index (χ3n) is 2.89. The summed E-state index contributed by atoms with van der Waals surface area (Å²) in [5.74, 6) is -2.79. The minimum Gasteiger partial charge on any atom is -0.355 e. The third-order valence-corrected chi connectivity index (χ3v) is 3.35. The van der Waals surface area contributed by atoms with E-state index < -0.39 is 29.1 Å². The maximum atomic E-state index is 13.5. The van der Waals surface area contributed by atoms with E-state index in [2.05, 4.69) is 26.6 Å². The Morgan fingerprint density at radius 3 is 2.53 bits per heavy atom. The van der Waals surface area contributed by atoms with E-state index in [0.29, 0.717) is 6.42 Å². The Kier molecular flexibility index (Phi) is 4.14. The molecule has 2 rings (SSSR count). The monoisotopic (exact) mass is 332 g/mol. The molecular weight excluding hydrogens is 322 g/mol. The lowest BCUT2D eigenvalue weighted by molar-refractivity contribution is -0.126. The van der Waals surface area contributed by atoms with Gasteiger partial charge in [0.05, 0.1) is 5.92 Å². The smallest absolute Gasteiger partial charge is 0.229 e. The van der Waals surface area contributed by atoms with Gasteiger partial charge >= 0.3 is 0 Å². The van der Waals surface area contributed by atoms with Gasteiger partial charge in [-0.1, -0.05) is 15.9 Å². The van der Waals surface area contributed by atoms with Crippen molar-refractivity contribution in [2.75, 3.05) is 11.9 Å². The van der Waals surface area contributed by atoms with E-state index in [1.807, 2.05) is 0 Å². The number of amides is 2. The van der Waals surface area contributed by atoms with Crippen molar-refractivity contribution in [1.29, 1.82) is 0 Å². The molecule has 2 N–H and O–H groups in total. The van der Waals surface area contributed by atoms with Gasteiger partial charge in [-0.15, -0.1) is 0 Å². The van der Waals surface area contributed by atoms with Crippen molar-refractivity contribution in [1.82, 2.24) is 5.32 Å². The van der Waals surface area contributed by atoms with Gasteiger partial charge in [0.25, 0.3) is 0 Å². The highest BCUT2D eigenvalue weighted by atomic mass is 79.9. The number of halogens is 3. The summed E-state index contributed by atoms with van der Waals surface area (Å²) in [5, 5.41) is 4.77. The molecule has 0 saturated carbocycles.